The minimum absolute atomic E-state index is 0.298. The van der Waals surface area contributed by atoms with Gasteiger partial charge < -0.3 is 23.7 Å². The van der Waals surface area contributed by atoms with Gasteiger partial charge in [-0.3, -0.25) is 4.98 Å². The molecular formula is C33H33NO6. The molecule has 5 rings (SSSR count). The summed E-state index contributed by atoms with van der Waals surface area (Å²) in [5.41, 5.74) is 4.11. The van der Waals surface area contributed by atoms with Crippen LogP contribution in [0.1, 0.15) is 38.8 Å². The first-order valence-corrected chi connectivity index (χ1v) is 13.3. The van der Waals surface area contributed by atoms with Crippen molar-refractivity contribution in [1.82, 2.24) is 4.98 Å². The summed E-state index contributed by atoms with van der Waals surface area (Å²) in [7, 11) is 1.35. The van der Waals surface area contributed by atoms with Gasteiger partial charge in [-0.15, -0.1) is 0 Å². The van der Waals surface area contributed by atoms with E-state index in [4.69, 9.17) is 23.7 Å². The minimum atomic E-state index is -0.584. The van der Waals surface area contributed by atoms with Gasteiger partial charge in [-0.05, 0) is 28.8 Å². The first kappa shape index (κ1) is 27.7. The van der Waals surface area contributed by atoms with E-state index in [2.05, 4.69) is 4.98 Å². The molecule has 2 heterocycles. The van der Waals surface area contributed by atoms with E-state index in [1.165, 1.54) is 7.11 Å². The maximum absolute atomic E-state index is 12.3. The molecule has 0 N–H and O–H groups in total. The van der Waals surface area contributed by atoms with Crippen LogP contribution in [-0.2, 0) is 43.5 Å². The number of carbonyl (C=O) groups excluding carboxylic acids is 1. The molecule has 1 unspecified atom stereocenters. The van der Waals surface area contributed by atoms with Gasteiger partial charge in [0, 0.05) is 6.20 Å². The van der Waals surface area contributed by atoms with Gasteiger partial charge in [0.05, 0.1) is 44.8 Å². The van der Waals surface area contributed by atoms with E-state index in [1.54, 1.807) is 18.3 Å². The van der Waals surface area contributed by atoms with Gasteiger partial charge >= 0.3 is 5.97 Å². The zero-order chi connectivity index (χ0) is 27.6. The van der Waals surface area contributed by atoms with E-state index >= 15 is 0 Å². The number of aromatic nitrogens is 1. The Bertz CT molecular complexity index is 1330. The normalized spacial score (nSPS) is 20.3. The monoisotopic (exact) mass is 539 g/mol. The van der Waals surface area contributed by atoms with Gasteiger partial charge in [-0.25, -0.2) is 4.79 Å². The lowest BCUT2D eigenvalue weighted by molar-refractivity contribution is -0.0898. The third-order valence-corrected chi connectivity index (χ3v) is 6.77. The summed E-state index contributed by atoms with van der Waals surface area (Å²) in [6.45, 7) is 1.50. The number of nitrogens with zero attached hydrogens (tertiary/aromatic N) is 1. The Hall–Kier alpha value is -3.88. The molecule has 0 amide bonds. The summed E-state index contributed by atoms with van der Waals surface area (Å²) >= 11 is 0. The highest BCUT2D eigenvalue weighted by Gasteiger charge is 2.48. The predicted molar refractivity (Wildman–Crippen MR) is 149 cm³/mol. The average Bonchev–Trinajstić information content (AvgIpc) is 3.37. The Morgan fingerprint density at radius 1 is 0.750 bits per heavy atom. The van der Waals surface area contributed by atoms with E-state index in [0.29, 0.717) is 37.7 Å². The van der Waals surface area contributed by atoms with E-state index in [1.807, 2.05) is 91.0 Å². The number of hydrogen-bond donors (Lipinski definition) is 0. The van der Waals surface area contributed by atoms with Crippen LogP contribution in [-0.4, -0.2) is 43.0 Å². The van der Waals surface area contributed by atoms with Crippen molar-refractivity contribution in [3.05, 3.63) is 137 Å². The zero-order valence-electron chi connectivity index (χ0n) is 22.4. The number of esters is 1. The first-order chi connectivity index (χ1) is 19.7. The SMILES string of the molecule is COC(=O)c1ccnc(C2O[C@H](COCc3ccccc3)[C@@H](OCc3ccccc3)[C@H]2OCc2ccccc2)c1. The average molecular weight is 540 g/mol. The molecule has 40 heavy (non-hydrogen) atoms. The van der Waals surface area contributed by atoms with E-state index in [9.17, 15) is 4.79 Å². The molecule has 1 saturated heterocycles. The fourth-order valence-corrected chi connectivity index (χ4v) is 4.73. The number of ether oxygens (including phenoxy) is 5. The third-order valence-electron chi connectivity index (χ3n) is 6.77. The number of pyridine rings is 1. The molecule has 1 aromatic heterocycles. The summed E-state index contributed by atoms with van der Waals surface area (Å²) in [6.07, 6.45) is -0.387. The number of hydrogen-bond acceptors (Lipinski definition) is 7. The van der Waals surface area contributed by atoms with Crippen LogP contribution in [0.4, 0.5) is 0 Å². The van der Waals surface area contributed by atoms with Crippen LogP contribution in [0.25, 0.3) is 0 Å². The minimum Gasteiger partial charge on any atom is -0.465 e. The largest absolute Gasteiger partial charge is 0.465 e. The van der Waals surface area contributed by atoms with Crippen molar-refractivity contribution in [2.45, 2.75) is 44.2 Å². The highest BCUT2D eigenvalue weighted by Crippen LogP contribution is 2.38. The summed E-state index contributed by atoms with van der Waals surface area (Å²) < 4.78 is 30.6. The lowest BCUT2D eigenvalue weighted by Crippen LogP contribution is -2.38. The molecule has 7 heteroatoms. The van der Waals surface area contributed by atoms with Crippen molar-refractivity contribution in [2.75, 3.05) is 13.7 Å². The van der Waals surface area contributed by atoms with Crippen LogP contribution in [0, 0.1) is 0 Å². The van der Waals surface area contributed by atoms with Gasteiger partial charge in [0.2, 0.25) is 0 Å². The standard InChI is InChI=1S/C33H33NO6/c1-36-33(35)27-17-18-34-28(19-27)30-32(39-22-26-15-9-4-10-16-26)31(38-21-25-13-7-3-8-14-25)29(40-30)23-37-20-24-11-5-2-6-12-24/h2-19,29-32H,20-23H2,1H3/t29-,30?,31-,32+/m1/s1. The van der Waals surface area contributed by atoms with E-state index in [0.717, 1.165) is 16.7 Å². The number of benzene rings is 3. The summed E-state index contributed by atoms with van der Waals surface area (Å²) in [6, 6.07) is 33.3. The number of carbonyl (C=O) groups is 1. The fourth-order valence-electron chi connectivity index (χ4n) is 4.73. The first-order valence-electron chi connectivity index (χ1n) is 13.3. The van der Waals surface area contributed by atoms with Crippen molar-refractivity contribution >= 4 is 5.97 Å². The molecule has 1 aliphatic rings. The van der Waals surface area contributed by atoms with Gasteiger partial charge in [-0.2, -0.15) is 0 Å². The maximum Gasteiger partial charge on any atom is 0.337 e. The zero-order valence-corrected chi connectivity index (χ0v) is 22.4. The van der Waals surface area contributed by atoms with Crippen LogP contribution in [0.5, 0.6) is 0 Å². The summed E-state index contributed by atoms with van der Waals surface area (Å²) in [5.74, 6) is -0.442. The lowest BCUT2D eigenvalue weighted by Gasteiger charge is -2.25. The van der Waals surface area contributed by atoms with E-state index < -0.39 is 30.4 Å². The Labute approximate surface area is 234 Å². The molecule has 0 saturated carbocycles. The van der Waals surface area contributed by atoms with E-state index in [-0.39, 0.29) is 0 Å². The molecule has 4 atom stereocenters. The quantitative estimate of drug-likeness (QED) is 0.214. The molecule has 3 aromatic carbocycles. The molecule has 4 aromatic rings. The molecular weight excluding hydrogens is 506 g/mol. The van der Waals surface area contributed by atoms with Crippen LogP contribution in [0.2, 0.25) is 0 Å². The van der Waals surface area contributed by atoms with Gasteiger partial charge in [0.1, 0.15) is 24.4 Å². The second-order valence-corrected chi connectivity index (χ2v) is 9.58. The van der Waals surface area contributed by atoms with Crippen LogP contribution in [0.3, 0.4) is 0 Å². The molecule has 1 fully saturated rings. The summed E-state index contributed by atoms with van der Waals surface area (Å²) in [5, 5.41) is 0. The second-order valence-electron chi connectivity index (χ2n) is 9.58. The fraction of sp³-hybridized carbons (Fsp3) is 0.273. The summed E-state index contributed by atoms with van der Waals surface area (Å²) in [4.78, 5) is 16.8. The van der Waals surface area contributed by atoms with Gasteiger partial charge in [-0.1, -0.05) is 91.0 Å². The Morgan fingerprint density at radius 2 is 1.30 bits per heavy atom. The number of methoxy groups -OCH3 is 1. The molecule has 206 valence electrons. The molecule has 0 bridgehead atoms. The number of rotatable bonds is 12. The molecule has 0 spiro atoms. The van der Waals surface area contributed by atoms with Crippen molar-refractivity contribution in [1.29, 1.82) is 0 Å². The smallest absolute Gasteiger partial charge is 0.337 e. The Kier molecular flexibility index (Phi) is 9.66. The highest BCUT2D eigenvalue weighted by molar-refractivity contribution is 5.89. The molecule has 0 aliphatic carbocycles. The third kappa shape index (κ3) is 7.20. The Morgan fingerprint density at radius 3 is 1.88 bits per heavy atom. The van der Waals surface area contributed by atoms with Crippen molar-refractivity contribution < 1.29 is 28.5 Å². The predicted octanol–water partition coefficient (Wildman–Crippen LogP) is 5.70. The molecule has 7 nitrogen and oxygen atoms in total. The molecule has 0 radical (unpaired) electrons. The highest BCUT2D eigenvalue weighted by atomic mass is 16.6. The van der Waals surface area contributed by atoms with Crippen molar-refractivity contribution in [2.24, 2.45) is 0 Å². The van der Waals surface area contributed by atoms with Crippen molar-refractivity contribution in [3.63, 3.8) is 0 Å². The Balaban J connectivity index is 1.41. The maximum atomic E-state index is 12.3. The van der Waals surface area contributed by atoms with Gasteiger partial charge in [0.25, 0.3) is 0 Å². The van der Waals surface area contributed by atoms with Crippen molar-refractivity contribution in [3.8, 4) is 0 Å². The lowest BCUT2D eigenvalue weighted by atomic mass is 10.0. The van der Waals surface area contributed by atoms with Gasteiger partial charge in [0.15, 0.2) is 0 Å². The topological polar surface area (TPSA) is 76.1 Å². The molecule has 1 aliphatic heterocycles. The van der Waals surface area contributed by atoms with Crippen LogP contribution < -0.4 is 0 Å². The van der Waals surface area contributed by atoms with Crippen LogP contribution in [0.15, 0.2) is 109 Å². The second kappa shape index (κ2) is 14.0. The van der Waals surface area contributed by atoms with Crippen LogP contribution >= 0.6 is 0 Å².